The van der Waals surface area contributed by atoms with Crippen molar-refractivity contribution in [2.45, 2.75) is 3.74 Å². The number of hydrogen-bond acceptors (Lipinski definition) is 3. The minimum Gasteiger partial charge on any atom is -0.496 e. The standard InChI is InChI=1S/C10H10Br2O3/c1-14-6-4-3-5-7(15-2)8(6)9(13)10(11)12/h3-5,10H,1-2H3. The van der Waals surface area contributed by atoms with Gasteiger partial charge in [0.15, 0.2) is 5.78 Å². The van der Waals surface area contributed by atoms with E-state index in [1.165, 1.54) is 14.2 Å². The number of carbonyl (C=O) groups is 1. The number of ether oxygens (including phenoxy) is 2. The van der Waals surface area contributed by atoms with Crippen molar-refractivity contribution in [3.05, 3.63) is 23.8 Å². The summed E-state index contributed by atoms with van der Waals surface area (Å²) in [6.07, 6.45) is 0. The molecular weight excluding hydrogens is 328 g/mol. The van der Waals surface area contributed by atoms with E-state index in [1.807, 2.05) is 0 Å². The first-order valence-electron chi connectivity index (χ1n) is 4.15. The molecule has 0 heterocycles. The first-order valence-corrected chi connectivity index (χ1v) is 5.98. The number of hydrogen-bond donors (Lipinski definition) is 0. The zero-order valence-corrected chi connectivity index (χ0v) is 11.5. The highest BCUT2D eigenvalue weighted by atomic mass is 79.9. The Hall–Kier alpha value is -0.550. The summed E-state index contributed by atoms with van der Waals surface area (Å²) in [6, 6.07) is 5.21. The molecule has 0 saturated carbocycles. The molecule has 0 aliphatic rings. The fourth-order valence-electron chi connectivity index (χ4n) is 1.20. The summed E-state index contributed by atoms with van der Waals surface area (Å²) in [5.41, 5.74) is 0.432. The number of carbonyl (C=O) groups excluding carboxylic acids is 1. The Labute approximate surface area is 105 Å². The van der Waals surface area contributed by atoms with Crippen LogP contribution in [0, 0.1) is 0 Å². The van der Waals surface area contributed by atoms with E-state index in [4.69, 9.17) is 9.47 Å². The molecule has 0 radical (unpaired) electrons. The lowest BCUT2D eigenvalue weighted by Gasteiger charge is -2.12. The summed E-state index contributed by atoms with van der Waals surface area (Å²) in [5.74, 6) is 0.871. The number of rotatable bonds is 4. The van der Waals surface area contributed by atoms with Gasteiger partial charge < -0.3 is 9.47 Å². The summed E-state index contributed by atoms with van der Waals surface area (Å²) in [5, 5.41) is 0. The maximum Gasteiger partial charge on any atom is 0.194 e. The molecule has 0 spiro atoms. The van der Waals surface area contributed by atoms with Crippen LogP contribution < -0.4 is 9.47 Å². The summed E-state index contributed by atoms with van der Waals surface area (Å²) in [6.45, 7) is 0. The quantitative estimate of drug-likeness (QED) is 0.626. The van der Waals surface area contributed by atoms with Gasteiger partial charge in [-0.15, -0.1) is 0 Å². The molecule has 0 unspecified atom stereocenters. The third-order valence-electron chi connectivity index (χ3n) is 1.87. The second-order valence-electron chi connectivity index (χ2n) is 2.70. The van der Waals surface area contributed by atoms with E-state index < -0.39 is 3.74 Å². The Kier molecular flexibility index (Phi) is 4.60. The van der Waals surface area contributed by atoms with Gasteiger partial charge >= 0.3 is 0 Å². The van der Waals surface area contributed by atoms with E-state index in [9.17, 15) is 4.79 Å². The molecule has 82 valence electrons. The van der Waals surface area contributed by atoms with Crippen molar-refractivity contribution in [1.82, 2.24) is 0 Å². The Balaban J connectivity index is 3.28. The van der Waals surface area contributed by atoms with E-state index in [2.05, 4.69) is 31.9 Å². The average molecular weight is 338 g/mol. The number of Topliss-reactive ketones (excluding diaryl/α,β-unsaturated/α-hetero) is 1. The average Bonchev–Trinajstić information content (AvgIpc) is 2.26. The lowest BCUT2D eigenvalue weighted by Crippen LogP contribution is -2.10. The molecule has 1 rings (SSSR count). The third kappa shape index (κ3) is 2.72. The summed E-state index contributed by atoms with van der Waals surface area (Å²) >= 11 is 6.32. The SMILES string of the molecule is COc1cccc(OC)c1C(=O)C(Br)Br. The van der Waals surface area contributed by atoms with Crippen molar-refractivity contribution in [3.8, 4) is 11.5 Å². The first-order chi connectivity index (χ1) is 7.11. The van der Waals surface area contributed by atoms with E-state index in [0.29, 0.717) is 17.1 Å². The lowest BCUT2D eigenvalue weighted by atomic mass is 10.1. The molecule has 0 N–H and O–H groups in total. The zero-order chi connectivity index (χ0) is 11.4. The van der Waals surface area contributed by atoms with Crippen LogP contribution in [0.5, 0.6) is 11.5 Å². The highest BCUT2D eigenvalue weighted by Crippen LogP contribution is 2.31. The van der Waals surface area contributed by atoms with Crippen LogP contribution in [-0.4, -0.2) is 23.7 Å². The van der Waals surface area contributed by atoms with Crippen molar-refractivity contribution in [2.75, 3.05) is 14.2 Å². The molecule has 0 amide bonds. The molecule has 0 aliphatic carbocycles. The van der Waals surface area contributed by atoms with E-state index in [1.54, 1.807) is 18.2 Å². The summed E-state index contributed by atoms with van der Waals surface area (Å²) in [4.78, 5) is 11.9. The number of benzene rings is 1. The van der Waals surface area contributed by atoms with Crippen molar-refractivity contribution in [2.24, 2.45) is 0 Å². The lowest BCUT2D eigenvalue weighted by molar-refractivity contribution is 0.101. The molecule has 1 aromatic rings. The molecule has 1 aromatic carbocycles. The number of methoxy groups -OCH3 is 2. The molecule has 0 atom stereocenters. The van der Waals surface area contributed by atoms with Crippen molar-refractivity contribution in [3.63, 3.8) is 0 Å². The van der Waals surface area contributed by atoms with Crippen LogP contribution in [0.4, 0.5) is 0 Å². The number of alkyl halides is 2. The molecule has 0 fully saturated rings. The normalized spacial score (nSPS) is 10.2. The minimum atomic E-state index is -0.449. The van der Waals surface area contributed by atoms with Crippen LogP contribution in [0.15, 0.2) is 18.2 Å². The van der Waals surface area contributed by atoms with Crippen molar-refractivity contribution >= 4 is 37.6 Å². The van der Waals surface area contributed by atoms with Gasteiger partial charge in [-0.05, 0) is 12.1 Å². The predicted molar refractivity (Wildman–Crippen MR) is 65.5 cm³/mol. The largest absolute Gasteiger partial charge is 0.496 e. The topological polar surface area (TPSA) is 35.5 Å². The molecule has 15 heavy (non-hydrogen) atoms. The second kappa shape index (κ2) is 5.51. The fraction of sp³-hybridized carbons (Fsp3) is 0.300. The van der Waals surface area contributed by atoms with Crippen LogP contribution in [-0.2, 0) is 0 Å². The monoisotopic (exact) mass is 336 g/mol. The van der Waals surface area contributed by atoms with Gasteiger partial charge in [-0.2, -0.15) is 0 Å². The number of ketones is 1. The van der Waals surface area contributed by atoms with Gasteiger partial charge in [-0.25, -0.2) is 0 Å². The van der Waals surface area contributed by atoms with Gasteiger partial charge in [0.05, 0.1) is 14.2 Å². The molecule has 3 nitrogen and oxygen atoms in total. The van der Waals surface area contributed by atoms with Crippen molar-refractivity contribution in [1.29, 1.82) is 0 Å². The van der Waals surface area contributed by atoms with Gasteiger partial charge in [0.2, 0.25) is 0 Å². The minimum absolute atomic E-state index is 0.135. The first kappa shape index (κ1) is 12.5. The molecule has 0 bridgehead atoms. The number of halogens is 2. The van der Waals surface area contributed by atoms with Crippen LogP contribution in [0.1, 0.15) is 10.4 Å². The Morgan fingerprint density at radius 1 is 1.20 bits per heavy atom. The Morgan fingerprint density at radius 3 is 2.00 bits per heavy atom. The van der Waals surface area contributed by atoms with Crippen LogP contribution in [0.3, 0.4) is 0 Å². The van der Waals surface area contributed by atoms with Gasteiger partial charge in [-0.1, -0.05) is 37.9 Å². The van der Waals surface area contributed by atoms with Crippen LogP contribution >= 0.6 is 31.9 Å². The maximum absolute atomic E-state index is 11.9. The molecular formula is C10H10Br2O3. The molecule has 5 heteroatoms. The highest BCUT2D eigenvalue weighted by Gasteiger charge is 2.22. The summed E-state index contributed by atoms with van der Waals surface area (Å²) < 4.78 is 9.78. The van der Waals surface area contributed by atoms with E-state index >= 15 is 0 Å². The van der Waals surface area contributed by atoms with Gasteiger partial charge in [0.1, 0.15) is 20.8 Å². The fourth-order valence-corrected chi connectivity index (χ4v) is 1.66. The zero-order valence-electron chi connectivity index (χ0n) is 8.29. The van der Waals surface area contributed by atoms with E-state index in [0.717, 1.165) is 0 Å². The van der Waals surface area contributed by atoms with Crippen LogP contribution in [0.25, 0.3) is 0 Å². The molecule has 0 aromatic heterocycles. The second-order valence-corrected chi connectivity index (χ2v) is 5.76. The van der Waals surface area contributed by atoms with Gasteiger partial charge in [-0.3, -0.25) is 4.79 Å². The highest BCUT2D eigenvalue weighted by molar-refractivity contribution is 9.25. The Bertz CT molecular complexity index is 341. The van der Waals surface area contributed by atoms with Gasteiger partial charge in [0, 0.05) is 0 Å². The predicted octanol–water partition coefficient (Wildman–Crippen LogP) is 3.00. The molecule has 0 saturated heterocycles. The summed E-state index contributed by atoms with van der Waals surface area (Å²) in [7, 11) is 3.03. The maximum atomic E-state index is 11.9. The van der Waals surface area contributed by atoms with Crippen LogP contribution in [0.2, 0.25) is 0 Å². The smallest absolute Gasteiger partial charge is 0.194 e. The molecule has 0 aliphatic heterocycles. The third-order valence-corrected chi connectivity index (χ3v) is 2.70. The van der Waals surface area contributed by atoms with Gasteiger partial charge in [0.25, 0.3) is 0 Å². The Morgan fingerprint density at radius 2 is 1.67 bits per heavy atom. The van der Waals surface area contributed by atoms with Crippen molar-refractivity contribution < 1.29 is 14.3 Å². The van der Waals surface area contributed by atoms with E-state index in [-0.39, 0.29) is 5.78 Å².